The van der Waals surface area contributed by atoms with Gasteiger partial charge in [0.15, 0.2) is 13.2 Å². The standard InChI is InChI=1S/C22H27N3O5/c1-4-28-17-6-8-18(9-7-17)29-14-21(26)23-16-5-10-19-20(13-16)30-15-22(27)25(19)12-11-24(2)3/h5-10,13H,4,11-12,14-15H2,1-3H3,(H,23,26). The lowest BCUT2D eigenvalue weighted by atomic mass is 10.2. The molecule has 0 radical (unpaired) electrons. The molecule has 0 unspecified atom stereocenters. The molecule has 1 N–H and O–H groups in total. The Morgan fingerprint density at radius 1 is 1.13 bits per heavy atom. The van der Waals surface area contributed by atoms with Crippen LogP contribution in [0.3, 0.4) is 0 Å². The van der Waals surface area contributed by atoms with Gasteiger partial charge in [0.1, 0.15) is 17.2 Å². The van der Waals surface area contributed by atoms with E-state index < -0.39 is 0 Å². The average Bonchev–Trinajstić information content (AvgIpc) is 2.72. The van der Waals surface area contributed by atoms with Crippen molar-refractivity contribution in [2.75, 3.05) is 57.2 Å². The maximum absolute atomic E-state index is 12.2. The van der Waals surface area contributed by atoms with E-state index in [0.717, 1.165) is 12.3 Å². The first-order valence-corrected chi connectivity index (χ1v) is 9.83. The highest BCUT2D eigenvalue weighted by molar-refractivity contribution is 5.99. The van der Waals surface area contributed by atoms with Crippen LogP contribution in [0.1, 0.15) is 6.92 Å². The van der Waals surface area contributed by atoms with Crippen LogP contribution in [-0.2, 0) is 9.59 Å². The number of likely N-dealkylation sites (N-methyl/N-ethyl adjacent to an activating group) is 1. The van der Waals surface area contributed by atoms with Crippen molar-refractivity contribution in [2.24, 2.45) is 0 Å². The minimum absolute atomic E-state index is 0.0152. The van der Waals surface area contributed by atoms with Crippen molar-refractivity contribution in [3.63, 3.8) is 0 Å². The van der Waals surface area contributed by atoms with Crippen LogP contribution in [0.5, 0.6) is 17.2 Å². The van der Waals surface area contributed by atoms with E-state index in [9.17, 15) is 9.59 Å². The average molecular weight is 413 g/mol. The van der Waals surface area contributed by atoms with Gasteiger partial charge in [-0.05, 0) is 57.4 Å². The third kappa shape index (κ3) is 5.64. The molecule has 0 spiro atoms. The van der Waals surface area contributed by atoms with E-state index in [1.54, 1.807) is 47.4 Å². The predicted molar refractivity (Wildman–Crippen MR) is 115 cm³/mol. The van der Waals surface area contributed by atoms with Crippen molar-refractivity contribution >= 4 is 23.2 Å². The van der Waals surface area contributed by atoms with Gasteiger partial charge in [0, 0.05) is 24.8 Å². The fourth-order valence-electron chi connectivity index (χ4n) is 2.97. The molecule has 0 atom stereocenters. The molecule has 160 valence electrons. The number of fused-ring (bicyclic) bond motifs is 1. The predicted octanol–water partition coefficient (Wildman–Crippen LogP) is 2.39. The fourth-order valence-corrected chi connectivity index (χ4v) is 2.97. The Bertz CT molecular complexity index is 883. The van der Waals surface area contributed by atoms with E-state index in [-0.39, 0.29) is 25.0 Å². The molecule has 0 aliphatic carbocycles. The van der Waals surface area contributed by atoms with E-state index in [1.807, 2.05) is 25.9 Å². The summed E-state index contributed by atoms with van der Waals surface area (Å²) in [5.41, 5.74) is 1.28. The van der Waals surface area contributed by atoms with Gasteiger partial charge in [0.2, 0.25) is 0 Å². The van der Waals surface area contributed by atoms with Gasteiger partial charge in [-0.25, -0.2) is 0 Å². The molecule has 1 aliphatic heterocycles. The Labute approximate surface area is 176 Å². The number of hydrogen-bond acceptors (Lipinski definition) is 6. The number of anilines is 2. The maximum Gasteiger partial charge on any atom is 0.265 e. The highest BCUT2D eigenvalue weighted by Crippen LogP contribution is 2.34. The number of nitrogens with one attached hydrogen (secondary N) is 1. The van der Waals surface area contributed by atoms with E-state index in [0.29, 0.717) is 36.0 Å². The molecule has 2 aromatic rings. The number of carbonyl (C=O) groups is 2. The molecule has 0 fully saturated rings. The molecule has 2 amide bonds. The van der Waals surface area contributed by atoms with Crippen molar-refractivity contribution in [1.82, 2.24) is 4.90 Å². The van der Waals surface area contributed by atoms with Crippen LogP contribution in [-0.4, -0.2) is 63.7 Å². The number of ether oxygens (including phenoxy) is 3. The first-order valence-electron chi connectivity index (χ1n) is 9.83. The Kier molecular flexibility index (Phi) is 7.13. The Hall–Kier alpha value is -3.26. The number of benzene rings is 2. The minimum Gasteiger partial charge on any atom is -0.494 e. The van der Waals surface area contributed by atoms with E-state index >= 15 is 0 Å². The summed E-state index contributed by atoms with van der Waals surface area (Å²) >= 11 is 0. The second-order valence-electron chi connectivity index (χ2n) is 7.06. The second-order valence-corrected chi connectivity index (χ2v) is 7.06. The molecule has 0 aromatic heterocycles. The highest BCUT2D eigenvalue weighted by Gasteiger charge is 2.25. The molecule has 0 saturated heterocycles. The van der Waals surface area contributed by atoms with Gasteiger partial charge < -0.3 is 29.3 Å². The lowest BCUT2D eigenvalue weighted by Gasteiger charge is -2.30. The van der Waals surface area contributed by atoms with Gasteiger partial charge >= 0.3 is 0 Å². The summed E-state index contributed by atoms with van der Waals surface area (Å²) < 4.78 is 16.4. The minimum atomic E-state index is -0.291. The quantitative estimate of drug-likeness (QED) is 0.680. The number of rotatable bonds is 9. The zero-order valence-electron chi connectivity index (χ0n) is 17.5. The molecule has 8 heteroatoms. The third-order valence-electron chi connectivity index (χ3n) is 4.46. The first-order chi connectivity index (χ1) is 14.5. The first kappa shape index (κ1) is 21.4. The van der Waals surface area contributed by atoms with Crippen LogP contribution >= 0.6 is 0 Å². The Morgan fingerprint density at radius 3 is 2.50 bits per heavy atom. The highest BCUT2D eigenvalue weighted by atomic mass is 16.5. The van der Waals surface area contributed by atoms with Crippen molar-refractivity contribution in [1.29, 1.82) is 0 Å². The van der Waals surface area contributed by atoms with E-state index in [2.05, 4.69) is 5.32 Å². The second kappa shape index (κ2) is 9.98. The fraction of sp³-hybridized carbons (Fsp3) is 0.364. The zero-order chi connectivity index (χ0) is 21.5. The molecular weight excluding hydrogens is 386 g/mol. The van der Waals surface area contributed by atoms with Crippen molar-refractivity contribution in [3.8, 4) is 17.2 Å². The van der Waals surface area contributed by atoms with Gasteiger partial charge in [0.25, 0.3) is 11.8 Å². The van der Waals surface area contributed by atoms with E-state index in [1.165, 1.54) is 0 Å². The maximum atomic E-state index is 12.2. The monoisotopic (exact) mass is 413 g/mol. The van der Waals surface area contributed by atoms with Crippen LogP contribution < -0.4 is 24.4 Å². The molecule has 1 aliphatic rings. The largest absolute Gasteiger partial charge is 0.494 e. The Morgan fingerprint density at radius 2 is 1.83 bits per heavy atom. The number of nitrogens with zero attached hydrogens (tertiary/aromatic N) is 2. The Balaban J connectivity index is 1.58. The summed E-state index contributed by atoms with van der Waals surface area (Å²) in [6.45, 7) is 3.68. The smallest absolute Gasteiger partial charge is 0.265 e. The number of amides is 2. The molecule has 1 heterocycles. The molecular formula is C22H27N3O5. The summed E-state index contributed by atoms with van der Waals surface area (Å²) in [6.07, 6.45) is 0. The van der Waals surface area contributed by atoms with Crippen molar-refractivity contribution in [3.05, 3.63) is 42.5 Å². The summed E-state index contributed by atoms with van der Waals surface area (Å²) in [7, 11) is 3.92. The molecule has 3 rings (SSSR count). The molecule has 0 saturated carbocycles. The van der Waals surface area contributed by atoms with Gasteiger partial charge in [-0.15, -0.1) is 0 Å². The van der Waals surface area contributed by atoms with Crippen molar-refractivity contribution < 1.29 is 23.8 Å². The topological polar surface area (TPSA) is 80.3 Å². The van der Waals surface area contributed by atoms with Crippen LogP contribution in [0, 0.1) is 0 Å². The van der Waals surface area contributed by atoms with Crippen molar-refractivity contribution in [2.45, 2.75) is 6.92 Å². The van der Waals surface area contributed by atoms with Crippen LogP contribution in [0.4, 0.5) is 11.4 Å². The number of carbonyl (C=O) groups excluding carboxylic acids is 2. The molecule has 8 nitrogen and oxygen atoms in total. The third-order valence-corrected chi connectivity index (χ3v) is 4.46. The van der Waals surface area contributed by atoms with Gasteiger partial charge in [-0.3, -0.25) is 9.59 Å². The lowest BCUT2D eigenvalue weighted by molar-refractivity contribution is -0.121. The summed E-state index contributed by atoms with van der Waals surface area (Å²) in [5, 5.41) is 2.79. The van der Waals surface area contributed by atoms with Crippen LogP contribution in [0.25, 0.3) is 0 Å². The van der Waals surface area contributed by atoms with Gasteiger partial charge in [0.05, 0.1) is 12.3 Å². The summed E-state index contributed by atoms with van der Waals surface area (Å²) in [5.74, 6) is 1.53. The lowest BCUT2D eigenvalue weighted by Crippen LogP contribution is -2.42. The van der Waals surface area contributed by atoms with Crippen LogP contribution in [0.2, 0.25) is 0 Å². The summed E-state index contributed by atoms with van der Waals surface area (Å²) in [4.78, 5) is 28.2. The SMILES string of the molecule is CCOc1ccc(OCC(=O)Nc2ccc3c(c2)OCC(=O)N3CCN(C)C)cc1. The van der Waals surface area contributed by atoms with Gasteiger partial charge in [-0.1, -0.05) is 0 Å². The zero-order valence-corrected chi connectivity index (χ0v) is 17.5. The normalized spacial score (nSPS) is 12.9. The molecule has 2 aromatic carbocycles. The van der Waals surface area contributed by atoms with E-state index in [4.69, 9.17) is 14.2 Å². The number of hydrogen-bond donors (Lipinski definition) is 1. The van der Waals surface area contributed by atoms with Gasteiger partial charge in [-0.2, -0.15) is 0 Å². The molecule has 30 heavy (non-hydrogen) atoms. The van der Waals surface area contributed by atoms with Crippen LogP contribution in [0.15, 0.2) is 42.5 Å². The summed E-state index contributed by atoms with van der Waals surface area (Å²) in [6, 6.07) is 12.3. The molecule has 0 bridgehead atoms.